The number of aromatic nitrogens is 4. The number of para-hydroxylation sites is 3. The van der Waals surface area contributed by atoms with Gasteiger partial charge >= 0.3 is 0 Å². The summed E-state index contributed by atoms with van der Waals surface area (Å²) in [6.07, 6.45) is 5.00. The van der Waals surface area contributed by atoms with E-state index in [0.29, 0.717) is 39.4 Å². The van der Waals surface area contributed by atoms with Crippen molar-refractivity contribution in [2.45, 2.75) is 39.9 Å². The normalized spacial score (nSPS) is 11.6. The zero-order chi connectivity index (χ0) is 40.7. The molecule has 10 rings (SSSR count). The summed E-state index contributed by atoms with van der Waals surface area (Å²) in [6.45, 7) is 11.7. The average Bonchev–Trinajstić information content (AvgIpc) is 3.84. The van der Waals surface area contributed by atoms with E-state index in [1.165, 1.54) is 16.8 Å². The number of benzene rings is 6. The summed E-state index contributed by atoms with van der Waals surface area (Å²) in [5, 5.41) is 3.64. The predicted octanol–water partition coefficient (Wildman–Crippen LogP) is 13.0. The maximum Gasteiger partial charge on any atom is 0.147 e. The van der Waals surface area contributed by atoms with Crippen molar-refractivity contribution in [1.82, 2.24) is 19.5 Å². The van der Waals surface area contributed by atoms with E-state index in [2.05, 4.69) is 103 Å². The second-order valence-electron chi connectivity index (χ2n) is 16.3. The van der Waals surface area contributed by atoms with Gasteiger partial charge in [0.05, 0.1) is 36.3 Å². The first kappa shape index (κ1) is 40.7. The molecule has 4 heterocycles. The van der Waals surface area contributed by atoms with Crippen molar-refractivity contribution in [3.8, 4) is 39.5 Å². The maximum atomic E-state index is 15.4. The Balaban J connectivity index is 0.000000202. The van der Waals surface area contributed by atoms with Crippen LogP contribution in [0.5, 0.6) is 0 Å². The van der Waals surface area contributed by atoms with Crippen LogP contribution in [0.1, 0.15) is 19.4 Å². The van der Waals surface area contributed by atoms with E-state index in [1.54, 1.807) is 6.20 Å². The number of halogens is 1. The molecule has 299 valence electrons. The molecule has 6 aromatic carbocycles. The minimum Gasteiger partial charge on any atom is -0.498 e. The predicted molar refractivity (Wildman–Crippen MR) is 243 cm³/mol. The van der Waals surface area contributed by atoms with Gasteiger partial charge in [0.25, 0.3) is 0 Å². The summed E-state index contributed by atoms with van der Waals surface area (Å²) in [4.78, 5) is 14.3. The van der Waals surface area contributed by atoms with Gasteiger partial charge in [0.1, 0.15) is 11.1 Å². The zero-order valence-electron chi connectivity index (χ0n) is 34.1. The summed E-state index contributed by atoms with van der Waals surface area (Å²) < 4.78 is 24.0. The topological polar surface area (TPSA) is 56.7 Å². The van der Waals surface area contributed by atoms with Crippen molar-refractivity contribution in [2.75, 3.05) is 0 Å². The largest absolute Gasteiger partial charge is 0.498 e. The molecule has 0 saturated carbocycles. The molecule has 0 unspecified atom stereocenters. The van der Waals surface area contributed by atoms with Crippen LogP contribution < -0.4 is 5.19 Å². The third-order valence-electron chi connectivity index (χ3n) is 10.7. The second kappa shape index (κ2) is 16.9. The number of imidazole rings is 1. The Bertz CT molecular complexity index is 3120. The van der Waals surface area contributed by atoms with E-state index >= 15 is 4.39 Å². The van der Waals surface area contributed by atoms with Crippen LogP contribution in [0, 0.1) is 23.9 Å². The monoisotopic (exact) mass is 979 g/mol. The molecule has 0 spiro atoms. The van der Waals surface area contributed by atoms with Gasteiger partial charge in [-0.1, -0.05) is 136 Å². The fourth-order valence-corrected chi connectivity index (χ4v) is 9.55. The fourth-order valence-electron chi connectivity index (χ4n) is 7.96. The summed E-state index contributed by atoms with van der Waals surface area (Å²) in [5.74, 6) is 0.857. The molecule has 0 atom stereocenters. The van der Waals surface area contributed by atoms with E-state index in [0.717, 1.165) is 56.3 Å². The smallest absolute Gasteiger partial charge is 0.147 e. The number of furan rings is 1. The van der Waals surface area contributed by atoms with Gasteiger partial charge in [0.2, 0.25) is 0 Å². The summed E-state index contributed by atoms with van der Waals surface area (Å²) in [7, 11) is -1.34. The van der Waals surface area contributed by atoms with Crippen LogP contribution in [0.2, 0.25) is 19.6 Å². The first-order valence-electron chi connectivity index (χ1n) is 20.0. The van der Waals surface area contributed by atoms with E-state index in [9.17, 15) is 0 Å². The van der Waals surface area contributed by atoms with Gasteiger partial charge in [0.15, 0.2) is 0 Å². The first-order valence-corrected chi connectivity index (χ1v) is 23.5. The summed E-state index contributed by atoms with van der Waals surface area (Å²) in [5.41, 5.74) is 10.4. The van der Waals surface area contributed by atoms with Gasteiger partial charge in [-0.05, 0) is 52.4 Å². The van der Waals surface area contributed by atoms with E-state index in [1.807, 2.05) is 97.1 Å². The Morgan fingerprint density at radius 2 is 1.50 bits per heavy atom. The third-order valence-corrected chi connectivity index (χ3v) is 12.7. The molecule has 0 saturated heterocycles. The van der Waals surface area contributed by atoms with Crippen LogP contribution in [0.25, 0.3) is 83.3 Å². The number of fused-ring (bicyclic) bond motifs is 6. The second-order valence-corrected chi connectivity index (χ2v) is 21.4. The van der Waals surface area contributed by atoms with Gasteiger partial charge in [-0.2, -0.15) is 0 Å². The van der Waals surface area contributed by atoms with Gasteiger partial charge in [-0.25, -0.2) is 0 Å². The molecule has 0 aliphatic carbocycles. The molecule has 0 bridgehead atoms. The molecule has 0 N–H and O–H groups in total. The van der Waals surface area contributed by atoms with Crippen LogP contribution in [0.15, 0.2) is 156 Å². The minimum atomic E-state index is -1.34. The molecule has 0 amide bonds. The molecule has 60 heavy (non-hydrogen) atoms. The quantitative estimate of drug-likeness (QED) is 0.118. The van der Waals surface area contributed by atoms with Crippen molar-refractivity contribution in [3.63, 3.8) is 0 Å². The van der Waals surface area contributed by atoms with Crippen LogP contribution in [0.4, 0.5) is 4.39 Å². The van der Waals surface area contributed by atoms with Crippen LogP contribution in [-0.4, -0.2) is 27.6 Å². The molecular weight excluding hydrogens is 936 g/mol. The molecule has 0 aliphatic rings. The van der Waals surface area contributed by atoms with Crippen molar-refractivity contribution in [2.24, 2.45) is 5.92 Å². The summed E-state index contributed by atoms with van der Waals surface area (Å²) in [6, 6.07) is 52.4. The number of hydrogen-bond donors (Lipinski definition) is 0. The number of rotatable bonds is 7. The number of hydrogen-bond acceptors (Lipinski definition) is 4. The molecule has 5 nitrogen and oxygen atoms in total. The van der Waals surface area contributed by atoms with Crippen LogP contribution >= 0.6 is 0 Å². The third kappa shape index (κ3) is 7.74. The fraction of sp³-hybridized carbons (Fsp3) is 0.135. The number of pyridine rings is 2. The molecule has 0 fully saturated rings. The minimum absolute atomic E-state index is 0. The standard InChI is InChI=1S/C34H19FN3O.C18H24NSi.Ir/c35-26-19-18-25(32-30(26)31-33(39-32)24-14-5-4-12-22(24)20-36-31)34-37-27-15-7-9-17-29(27)38(34)28-16-8-6-13-23(28)21-10-2-1-3-11-21;1-14(2)11-16-12-17(15-9-7-6-8-10-15)19-13-18(16)20(3,4)5;/h1-17,19-20H;6-9,12-14H,11H2,1-5H3;/q2*-1;. The average molecular weight is 979 g/mol. The van der Waals surface area contributed by atoms with Crippen molar-refractivity contribution >= 4 is 57.1 Å². The number of nitrogens with zero attached hydrogens (tertiary/aromatic N) is 4. The first-order chi connectivity index (χ1) is 28.7. The van der Waals surface area contributed by atoms with Crippen molar-refractivity contribution in [1.29, 1.82) is 0 Å². The van der Waals surface area contributed by atoms with Gasteiger partial charge in [-0.3, -0.25) is 14.4 Å². The van der Waals surface area contributed by atoms with Crippen LogP contribution in [-0.2, 0) is 26.5 Å². The molecule has 0 aliphatic heterocycles. The molecule has 4 aromatic heterocycles. The van der Waals surface area contributed by atoms with Gasteiger partial charge in [-0.15, -0.1) is 48.0 Å². The van der Waals surface area contributed by atoms with E-state index < -0.39 is 13.9 Å². The Labute approximate surface area is 364 Å². The van der Waals surface area contributed by atoms with Crippen molar-refractivity contribution < 1.29 is 28.9 Å². The Kier molecular flexibility index (Phi) is 11.5. The molecule has 10 aromatic rings. The Morgan fingerprint density at radius 1 is 0.767 bits per heavy atom. The van der Waals surface area contributed by atoms with E-state index in [4.69, 9.17) is 9.40 Å². The Morgan fingerprint density at radius 3 is 2.28 bits per heavy atom. The molecule has 1 radical (unpaired) electrons. The maximum absolute atomic E-state index is 15.4. The molecule has 8 heteroatoms. The Hall–Kier alpha value is -6.05. The SMILES string of the molecule is CC(C)Cc1cc(-c2[c-]cccc2)ncc1[Si](C)(C)C.Fc1c[c-]c(-c2nc3ccccc3n2-c2ccccc2-c2ccccc2)c2oc3c4ccccc4cnc3c12.[Ir]. The van der Waals surface area contributed by atoms with Gasteiger partial charge < -0.3 is 14.0 Å². The zero-order valence-corrected chi connectivity index (χ0v) is 37.5. The summed E-state index contributed by atoms with van der Waals surface area (Å²) >= 11 is 0. The molecular formula is C52H43FIrN4OSi-2. The van der Waals surface area contributed by atoms with Crippen LogP contribution in [0.3, 0.4) is 0 Å². The van der Waals surface area contributed by atoms with Crippen molar-refractivity contribution in [3.05, 3.63) is 175 Å². The van der Waals surface area contributed by atoms with E-state index in [-0.39, 0.29) is 20.1 Å². The van der Waals surface area contributed by atoms with Gasteiger partial charge in [0, 0.05) is 54.5 Å².